The number of allylic oxidation sites excluding steroid dienone is 8. The van der Waals surface area contributed by atoms with Gasteiger partial charge in [-0.05, 0) is 0 Å². The molecule has 0 saturated carbocycles. The van der Waals surface area contributed by atoms with Gasteiger partial charge in [-0.15, -0.1) is 24.8 Å². The average Bonchev–Trinajstić information content (AvgIpc) is 3.09. The Labute approximate surface area is 156 Å². The maximum atomic E-state index is 2.66. The van der Waals surface area contributed by atoms with Crippen LogP contribution in [0.3, 0.4) is 0 Å². The van der Waals surface area contributed by atoms with E-state index in [0.717, 1.165) is 0 Å². The van der Waals surface area contributed by atoms with Crippen LogP contribution in [0.15, 0.2) is 72.3 Å². The van der Waals surface area contributed by atoms with E-state index in [4.69, 9.17) is 0 Å². The van der Waals surface area contributed by atoms with Crippen LogP contribution in [0.2, 0.25) is 4.63 Å². The Kier molecular flexibility index (Phi) is 7.65. The average molecular weight is 428 g/mol. The van der Waals surface area contributed by atoms with Crippen molar-refractivity contribution in [2.75, 3.05) is 0 Å². The van der Waals surface area contributed by atoms with E-state index in [9.17, 15) is 0 Å². The zero-order valence-corrected chi connectivity index (χ0v) is 18.1. The first kappa shape index (κ1) is 20.6. The first-order chi connectivity index (χ1) is 10.1. The van der Waals surface area contributed by atoms with E-state index < -0.39 is 19.8 Å². The molecule has 1 aromatic carbocycles. The summed E-state index contributed by atoms with van der Waals surface area (Å²) < 4.78 is 8.77. The maximum absolute atomic E-state index is 2.66. The van der Waals surface area contributed by atoms with Gasteiger partial charge in [0, 0.05) is 0 Å². The smallest absolute Gasteiger partial charge is 0.147 e. The number of hydrogen-bond donors (Lipinski definition) is 0. The van der Waals surface area contributed by atoms with Crippen molar-refractivity contribution in [3.8, 4) is 0 Å². The van der Waals surface area contributed by atoms with Crippen LogP contribution >= 0.6 is 24.8 Å². The molecule has 0 unspecified atom stereocenters. The minimum atomic E-state index is -2.64. The van der Waals surface area contributed by atoms with Gasteiger partial charge in [-0.25, -0.2) is 0 Å². The first-order valence-electron chi connectivity index (χ1n) is 7.76. The van der Waals surface area contributed by atoms with Crippen molar-refractivity contribution in [3.05, 3.63) is 77.9 Å². The summed E-state index contributed by atoms with van der Waals surface area (Å²) in [6, 6.07) is 10.9. The molecule has 0 radical (unpaired) electrons. The first-order valence-corrected chi connectivity index (χ1v) is 14.1. The Hall–Kier alpha value is -0.487. The van der Waals surface area contributed by atoms with E-state index in [1.54, 1.807) is 6.56 Å². The van der Waals surface area contributed by atoms with Crippen LogP contribution in [0.4, 0.5) is 0 Å². The quantitative estimate of drug-likeness (QED) is 0.527. The van der Waals surface area contributed by atoms with Crippen molar-refractivity contribution in [1.82, 2.24) is 0 Å². The SMILES string of the molecule is CC1=[C]([Zr]([CH3])(=[CH]c2ccccc2)[C]2=C(C)C=CC2)CC=C1.Cl.Cl. The van der Waals surface area contributed by atoms with Crippen LogP contribution in [-0.2, 0) is 19.8 Å². The van der Waals surface area contributed by atoms with Crippen LogP contribution in [-0.4, -0.2) is 3.71 Å². The summed E-state index contributed by atoms with van der Waals surface area (Å²) in [6.45, 7) is 4.59. The van der Waals surface area contributed by atoms with Gasteiger partial charge in [-0.1, -0.05) is 0 Å². The molecule has 0 heterocycles. The summed E-state index contributed by atoms with van der Waals surface area (Å²) in [6.07, 6.45) is 11.7. The van der Waals surface area contributed by atoms with E-state index in [0.29, 0.717) is 0 Å². The zero-order chi connectivity index (χ0) is 14.9. The second-order valence-corrected chi connectivity index (χ2v) is 15.9. The Morgan fingerprint density at radius 2 is 1.30 bits per heavy atom. The summed E-state index contributed by atoms with van der Waals surface area (Å²) in [7, 11) is 0. The van der Waals surface area contributed by atoms with E-state index in [2.05, 4.69) is 76.8 Å². The van der Waals surface area contributed by atoms with Crippen LogP contribution < -0.4 is 0 Å². The van der Waals surface area contributed by atoms with E-state index in [-0.39, 0.29) is 24.8 Å². The van der Waals surface area contributed by atoms with Gasteiger partial charge in [-0.2, -0.15) is 0 Å². The van der Waals surface area contributed by atoms with Gasteiger partial charge in [0.2, 0.25) is 0 Å². The number of hydrogen-bond acceptors (Lipinski definition) is 0. The van der Waals surface area contributed by atoms with Crippen molar-refractivity contribution in [1.29, 1.82) is 0 Å². The largest absolute Gasteiger partial charge is 0.147 e. The predicted molar refractivity (Wildman–Crippen MR) is 105 cm³/mol. The molecule has 23 heavy (non-hydrogen) atoms. The monoisotopic (exact) mass is 425 g/mol. The Morgan fingerprint density at radius 1 is 0.826 bits per heavy atom. The Balaban J connectivity index is 0.00000132. The van der Waals surface area contributed by atoms with Crippen molar-refractivity contribution in [3.63, 3.8) is 0 Å². The fraction of sp³-hybridized carbons (Fsp3) is 0.250. The van der Waals surface area contributed by atoms with Crippen molar-refractivity contribution >= 4 is 28.5 Å². The molecule has 0 atom stereocenters. The fourth-order valence-corrected chi connectivity index (χ4v) is 14.7. The summed E-state index contributed by atoms with van der Waals surface area (Å²) >= 11 is -2.64. The van der Waals surface area contributed by atoms with Crippen molar-refractivity contribution in [2.24, 2.45) is 0 Å². The van der Waals surface area contributed by atoms with Gasteiger partial charge in [0.25, 0.3) is 0 Å². The molecule has 2 aliphatic carbocycles. The summed E-state index contributed by atoms with van der Waals surface area (Å²) in [4.78, 5) is 0. The van der Waals surface area contributed by atoms with E-state index in [1.807, 2.05) is 0 Å². The minimum Gasteiger partial charge on any atom is -0.147 e. The molecule has 0 aromatic heterocycles. The third kappa shape index (κ3) is 4.13. The van der Waals surface area contributed by atoms with Crippen LogP contribution in [0.25, 0.3) is 0 Å². The molecule has 2 aliphatic rings. The Morgan fingerprint density at radius 3 is 1.70 bits per heavy atom. The van der Waals surface area contributed by atoms with Gasteiger partial charge >= 0.3 is 133 Å². The fourth-order valence-electron chi connectivity index (χ4n) is 3.71. The topological polar surface area (TPSA) is 0 Å². The van der Waals surface area contributed by atoms with Crippen molar-refractivity contribution in [2.45, 2.75) is 31.3 Å². The molecular weight excluding hydrogens is 402 g/mol. The molecular formula is C20H25Cl2Zr. The Bertz CT molecular complexity index is 694. The molecule has 1 aromatic rings. The molecule has 3 heteroatoms. The van der Waals surface area contributed by atoms with E-state index in [1.165, 1.54) is 29.6 Å². The normalized spacial score (nSPS) is 16.5. The second kappa shape index (κ2) is 8.56. The number of halogens is 2. The van der Waals surface area contributed by atoms with Gasteiger partial charge in [0.05, 0.1) is 0 Å². The zero-order valence-electron chi connectivity index (χ0n) is 14.0. The van der Waals surface area contributed by atoms with Gasteiger partial charge < -0.3 is 0 Å². The molecule has 0 saturated heterocycles. The molecule has 123 valence electrons. The molecule has 0 nitrogen and oxygen atoms in total. The summed E-state index contributed by atoms with van der Waals surface area (Å²) in [5.41, 5.74) is 4.44. The molecule has 0 N–H and O–H groups in total. The third-order valence-corrected chi connectivity index (χ3v) is 16.2. The van der Waals surface area contributed by atoms with Crippen molar-refractivity contribution < 1.29 is 19.8 Å². The van der Waals surface area contributed by atoms with Crippen LogP contribution in [0.5, 0.6) is 0 Å². The summed E-state index contributed by atoms with van der Waals surface area (Å²) in [5.74, 6) is 0. The minimum absolute atomic E-state index is 0. The number of rotatable bonds is 3. The molecule has 0 bridgehead atoms. The third-order valence-electron chi connectivity index (χ3n) is 4.84. The van der Waals surface area contributed by atoms with Gasteiger partial charge in [0.1, 0.15) is 0 Å². The van der Waals surface area contributed by atoms with Gasteiger partial charge in [-0.3, -0.25) is 0 Å². The maximum Gasteiger partial charge on any atom is -0.147 e. The molecule has 0 aliphatic heterocycles. The predicted octanol–water partition coefficient (Wildman–Crippen LogP) is 6.35. The summed E-state index contributed by atoms with van der Waals surface area (Å²) in [5, 5.41) is 0. The second-order valence-electron chi connectivity index (χ2n) is 6.29. The molecule has 3 rings (SSSR count). The standard InChI is InChI=1S/C7H6.2C6H7.CH3.2ClH.Zr/c1-7-5-3-2-4-6-7;2*1-6-4-2-3-5-6;;;;/h1-6H;2*2,4H,3H2,1H3;1H3;2*1H;. The molecule has 0 spiro atoms. The van der Waals surface area contributed by atoms with Crippen LogP contribution in [0.1, 0.15) is 32.3 Å². The van der Waals surface area contributed by atoms with Gasteiger partial charge in [0.15, 0.2) is 0 Å². The molecule has 0 amide bonds. The van der Waals surface area contributed by atoms with E-state index >= 15 is 0 Å². The number of benzene rings is 1. The van der Waals surface area contributed by atoms with Crippen LogP contribution in [0, 0.1) is 0 Å². The molecule has 0 fully saturated rings.